The Bertz CT molecular complexity index is 190. The van der Waals surface area contributed by atoms with Gasteiger partial charge in [-0.3, -0.25) is 4.90 Å². The standard InChI is InChI=1S/C7H13N3O/c1-6-9(3)4-5-10(6)7(11)8-2/h4-6H,1-3H3,(H,8,11)/t6-/m0/s1. The molecule has 0 spiro atoms. The van der Waals surface area contributed by atoms with Gasteiger partial charge in [-0.15, -0.1) is 0 Å². The Morgan fingerprint density at radius 2 is 2.18 bits per heavy atom. The summed E-state index contributed by atoms with van der Waals surface area (Å²) in [6, 6.07) is -0.0712. The van der Waals surface area contributed by atoms with Gasteiger partial charge in [0.1, 0.15) is 6.17 Å². The van der Waals surface area contributed by atoms with Gasteiger partial charge < -0.3 is 10.2 Å². The Kier molecular flexibility index (Phi) is 2.03. The molecule has 0 aromatic carbocycles. The number of urea groups is 1. The average molecular weight is 155 g/mol. The van der Waals surface area contributed by atoms with Gasteiger partial charge in [0, 0.05) is 26.5 Å². The van der Waals surface area contributed by atoms with E-state index in [9.17, 15) is 4.79 Å². The normalized spacial score (nSPS) is 22.6. The van der Waals surface area contributed by atoms with E-state index >= 15 is 0 Å². The van der Waals surface area contributed by atoms with Crippen LogP contribution in [0.3, 0.4) is 0 Å². The van der Waals surface area contributed by atoms with Gasteiger partial charge in [-0.1, -0.05) is 0 Å². The van der Waals surface area contributed by atoms with Crippen molar-refractivity contribution in [2.24, 2.45) is 0 Å². The SMILES string of the molecule is CNC(=O)N1C=CN(C)[C@@H]1C. The van der Waals surface area contributed by atoms with Crippen molar-refractivity contribution in [3.8, 4) is 0 Å². The molecule has 0 radical (unpaired) electrons. The lowest BCUT2D eigenvalue weighted by atomic mass is 10.5. The van der Waals surface area contributed by atoms with Gasteiger partial charge >= 0.3 is 6.03 Å². The van der Waals surface area contributed by atoms with E-state index in [4.69, 9.17) is 0 Å². The van der Waals surface area contributed by atoms with Crippen LogP contribution in [0.4, 0.5) is 4.79 Å². The van der Waals surface area contributed by atoms with Gasteiger partial charge in [0.15, 0.2) is 0 Å². The van der Waals surface area contributed by atoms with Gasteiger partial charge in [-0.25, -0.2) is 4.79 Å². The molecule has 0 aromatic heterocycles. The summed E-state index contributed by atoms with van der Waals surface area (Å²) in [6.45, 7) is 1.97. The quantitative estimate of drug-likeness (QED) is 0.549. The van der Waals surface area contributed by atoms with E-state index in [2.05, 4.69) is 5.32 Å². The second-order valence-corrected chi connectivity index (χ2v) is 2.56. The maximum atomic E-state index is 11.1. The van der Waals surface area contributed by atoms with E-state index in [1.165, 1.54) is 0 Å². The maximum absolute atomic E-state index is 11.1. The summed E-state index contributed by atoms with van der Waals surface area (Å²) >= 11 is 0. The van der Waals surface area contributed by atoms with Crippen molar-refractivity contribution in [3.05, 3.63) is 12.4 Å². The van der Waals surface area contributed by atoms with E-state index in [0.29, 0.717) is 0 Å². The molecule has 2 amide bonds. The van der Waals surface area contributed by atoms with Crippen molar-refractivity contribution in [2.75, 3.05) is 14.1 Å². The van der Waals surface area contributed by atoms with Crippen molar-refractivity contribution in [1.82, 2.24) is 15.1 Å². The van der Waals surface area contributed by atoms with Crippen LogP contribution in [-0.2, 0) is 0 Å². The highest BCUT2D eigenvalue weighted by Crippen LogP contribution is 2.12. The molecule has 62 valence electrons. The van der Waals surface area contributed by atoms with Crippen LogP contribution in [0, 0.1) is 0 Å². The van der Waals surface area contributed by atoms with E-state index in [0.717, 1.165) is 0 Å². The molecule has 1 aliphatic rings. The zero-order valence-corrected chi connectivity index (χ0v) is 7.03. The zero-order chi connectivity index (χ0) is 8.43. The van der Waals surface area contributed by atoms with E-state index in [1.54, 1.807) is 18.1 Å². The fraction of sp³-hybridized carbons (Fsp3) is 0.571. The fourth-order valence-corrected chi connectivity index (χ4v) is 0.989. The molecular formula is C7H13N3O. The third-order valence-corrected chi connectivity index (χ3v) is 1.90. The highest BCUT2D eigenvalue weighted by atomic mass is 16.2. The minimum Gasteiger partial charge on any atom is -0.359 e. The summed E-state index contributed by atoms with van der Waals surface area (Å²) in [5.74, 6) is 0. The van der Waals surface area contributed by atoms with E-state index in [1.807, 2.05) is 25.1 Å². The van der Waals surface area contributed by atoms with Crippen LogP contribution in [0.15, 0.2) is 12.4 Å². The largest absolute Gasteiger partial charge is 0.359 e. The molecule has 1 atom stereocenters. The molecule has 0 saturated carbocycles. The Balaban J connectivity index is 2.62. The van der Waals surface area contributed by atoms with E-state index < -0.39 is 0 Å². The lowest BCUT2D eigenvalue weighted by molar-refractivity contribution is 0.178. The monoisotopic (exact) mass is 155 g/mol. The summed E-state index contributed by atoms with van der Waals surface area (Å²) in [5.41, 5.74) is 0. The lowest BCUT2D eigenvalue weighted by Crippen LogP contribution is -2.42. The average Bonchev–Trinajstić information content (AvgIpc) is 2.32. The predicted molar refractivity (Wildman–Crippen MR) is 42.7 cm³/mol. The summed E-state index contributed by atoms with van der Waals surface area (Å²) < 4.78 is 0. The molecule has 11 heavy (non-hydrogen) atoms. The zero-order valence-electron chi connectivity index (χ0n) is 7.03. The molecule has 1 aliphatic heterocycles. The molecule has 0 unspecified atom stereocenters. The van der Waals surface area contributed by atoms with Crippen LogP contribution < -0.4 is 5.32 Å². The Labute approximate surface area is 66.5 Å². The second-order valence-electron chi connectivity index (χ2n) is 2.56. The fourth-order valence-electron chi connectivity index (χ4n) is 0.989. The highest BCUT2D eigenvalue weighted by Gasteiger charge is 2.23. The highest BCUT2D eigenvalue weighted by molar-refractivity contribution is 5.75. The first kappa shape index (κ1) is 7.91. The number of hydrogen-bond donors (Lipinski definition) is 1. The van der Waals surface area contributed by atoms with Gasteiger partial charge in [-0.05, 0) is 6.92 Å². The Morgan fingerprint density at radius 1 is 1.55 bits per heavy atom. The molecule has 0 saturated heterocycles. The van der Waals surface area contributed by atoms with Crippen molar-refractivity contribution in [3.63, 3.8) is 0 Å². The topological polar surface area (TPSA) is 35.6 Å². The van der Waals surface area contributed by atoms with Crippen molar-refractivity contribution < 1.29 is 4.79 Å². The van der Waals surface area contributed by atoms with Crippen LogP contribution >= 0.6 is 0 Å². The summed E-state index contributed by atoms with van der Waals surface area (Å²) in [6.07, 6.45) is 3.76. The number of amides is 2. The van der Waals surface area contributed by atoms with Crippen LogP contribution in [0.5, 0.6) is 0 Å². The summed E-state index contributed by atoms with van der Waals surface area (Å²) in [5, 5.41) is 2.57. The molecule has 4 heteroatoms. The third kappa shape index (κ3) is 1.29. The number of hydrogen-bond acceptors (Lipinski definition) is 2. The van der Waals surface area contributed by atoms with Gasteiger partial charge in [0.25, 0.3) is 0 Å². The summed E-state index contributed by atoms with van der Waals surface area (Å²) in [4.78, 5) is 14.7. The molecule has 1 N–H and O–H groups in total. The molecule has 0 fully saturated rings. The van der Waals surface area contributed by atoms with Crippen LogP contribution in [-0.4, -0.2) is 36.1 Å². The molecule has 0 bridgehead atoms. The van der Waals surface area contributed by atoms with Crippen LogP contribution in [0.25, 0.3) is 0 Å². The molecule has 1 rings (SSSR count). The second kappa shape index (κ2) is 2.82. The van der Waals surface area contributed by atoms with Gasteiger partial charge in [0.05, 0.1) is 0 Å². The summed E-state index contributed by atoms with van der Waals surface area (Å²) in [7, 11) is 3.56. The molecule has 0 aliphatic carbocycles. The first-order chi connectivity index (χ1) is 5.16. The van der Waals surface area contributed by atoms with Crippen LogP contribution in [0.1, 0.15) is 6.92 Å². The van der Waals surface area contributed by atoms with Gasteiger partial charge in [-0.2, -0.15) is 0 Å². The number of nitrogens with zero attached hydrogens (tertiary/aromatic N) is 2. The van der Waals surface area contributed by atoms with Gasteiger partial charge in [0.2, 0.25) is 0 Å². The minimum atomic E-state index is -0.0712. The first-order valence-electron chi connectivity index (χ1n) is 3.57. The predicted octanol–water partition coefficient (Wildman–Crippen LogP) is 0.390. The van der Waals surface area contributed by atoms with Crippen LogP contribution in [0.2, 0.25) is 0 Å². The molecule has 4 nitrogen and oxygen atoms in total. The maximum Gasteiger partial charge on any atom is 0.322 e. The number of carbonyl (C=O) groups is 1. The third-order valence-electron chi connectivity index (χ3n) is 1.90. The van der Waals surface area contributed by atoms with Crippen molar-refractivity contribution >= 4 is 6.03 Å². The smallest absolute Gasteiger partial charge is 0.322 e. The van der Waals surface area contributed by atoms with Crippen molar-refractivity contribution in [2.45, 2.75) is 13.1 Å². The minimum absolute atomic E-state index is 0.0712. The Morgan fingerprint density at radius 3 is 2.55 bits per heavy atom. The lowest BCUT2D eigenvalue weighted by Gasteiger charge is -2.24. The molecular weight excluding hydrogens is 142 g/mol. The Hall–Kier alpha value is -1.19. The molecule has 1 heterocycles. The number of nitrogens with one attached hydrogen (secondary N) is 1. The number of carbonyl (C=O) groups excluding carboxylic acids is 1. The number of rotatable bonds is 0. The van der Waals surface area contributed by atoms with Crippen molar-refractivity contribution in [1.29, 1.82) is 0 Å². The molecule has 0 aromatic rings. The first-order valence-corrected chi connectivity index (χ1v) is 3.57. The van der Waals surface area contributed by atoms with E-state index in [-0.39, 0.29) is 12.2 Å².